The zero-order valence-electron chi connectivity index (χ0n) is 57.2. The SMILES string of the molecule is CC(N)C(=O)NC(CCC(=O)NC(CCCCNC(=O)CNC(=O)CNC(=O)CNC(=O)CNC(=O)CN)C(=O)NC(C)C(=O)NCC(=O)NCC(=O)NCC(=O)NCC(=O)NCC(=O)NCCCCC(NC(=O)CCC(NC(=O)C(C)N)C(N)=O)C(=O)NC(C)C(=O)NC(C)C(=O)O)C(N)=O. The molecule has 0 aliphatic heterocycles. The standard InChI is InChI=1S/C57H97N23O22/c1-28(59)51(95)79-33(49(61)93)12-14-37(81)77-35(10-6-8-16-63-40(84)19-66-43(87)22-69-45(89)24-68-42(86)21-65-39(83)18-58)55(99)74-30(3)53(97)73-27-48(92)72-26-47(91)71-25-46(90)70-23-44(88)67-20-41(85)64-17-9-7-11-36(56(100)75-31(4)54(98)76-32(5)57(101)102)78-38(82)15-13-34(50(62)94)80-52(96)29(2)60/h28-36H,6-27,58-60H2,1-5H3,(H2,61,93)(H2,62,94)(H,63,84)(H,64,85)(H,65,83)(H,66,87)(H,67,88)(H,68,86)(H,69,89)(H,70,90)(H,71,91)(H,72,92)(H,73,97)(H,74,99)(H,75,100)(H,76,98)(H,77,81)(H,78,82)(H,79,95)(H,80,96)(H,101,102). The number of unbranched alkanes of at least 4 members (excludes halogenated alkanes) is 2. The quantitative estimate of drug-likeness (QED) is 0.0252. The van der Waals surface area contributed by atoms with E-state index >= 15 is 0 Å². The number of carboxylic acids is 1. The normalized spacial score (nSPS) is 13.2. The Hall–Kier alpha value is -11.2. The Morgan fingerprint density at radius 3 is 0.843 bits per heavy atom. The van der Waals surface area contributed by atoms with Gasteiger partial charge in [0, 0.05) is 25.9 Å². The Labute approximate surface area is 584 Å². The van der Waals surface area contributed by atoms with Gasteiger partial charge >= 0.3 is 5.97 Å². The highest BCUT2D eigenvalue weighted by Crippen LogP contribution is 2.07. The maximum Gasteiger partial charge on any atom is 0.325 e. The number of aliphatic carboxylic acids is 1. The molecule has 0 rings (SSSR count). The highest BCUT2D eigenvalue weighted by atomic mass is 16.4. The second-order valence-corrected chi connectivity index (χ2v) is 22.7. The van der Waals surface area contributed by atoms with E-state index in [1.54, 1.807) is 0 Å². The van der Waals surface area contributed by atoms with Crippen LogP contribution >= 0.6 is 0 Å². The van der Waals surface area contributed by atoms with Gasteiger partial charge in [-0.2, -0.15) is 0 Å². The first kappa shape index (κ1) is 90.8. The van der Waals surface area contributed by atoms with Crippen molar-refractivity contribution in [2.45, 2.75) is 153 Å². The summed E-state index contributed by atoms with van der Waals surface area (Å²) in [6, 6.07) is -11.2. The fraction of sp³-hybridized carbons (Fsp3) is 0.632. The smallest absolute Gasteiger partial charge is 0.325 e. The number of primary amides is 2. The summed E-state index contributed by atoms with van der Waals surface area (Å²) in [5.74, 6) is -17.3. The van der Waals surface area contributed by atoms with Gasteiger partial charge in [-0.25, -0.2) is 0 Å². The van der Waals surface area contributed by atoms with Crippen molar-refractivity contribution in [3.8, 4) is 0 Å². The predicted molar refractivity (Wildman–Crippen MR) is 352 cm³/mol. The first-order chi connectivity index (χ1) is 47.8. The number of carbonyl (C=O) groups excluding carboxylic acids is 20. The molecule has 0 fully saturated rings. The Bertz CT molecular complexity index is 2990. The zero-order valence-corrected chi connectivity index (χ0v) is 57.2. The molecule has 0 aromatic rings. The molecule has 45 heteroatoms. The van der Waals surface area contributed by atoms with Gasteiger partial charge in [0.15, 0.2) is 0 Å². The lowest BCUT2D eigenvalue weighted by atomic mass is 10.1. The lowest BCUT2D eigenvalue weighted by Crippen LogP contribution is -2.54. The lowest BCUT2D eigenvalue weighted by Gasteiger charge is -2.22. The molecular formula is C57H97N23O22. The van der Waals surface area contributed by atoms with E-state index in [2.05, 4.69) is 95.7 Å². The van der Waals surface area contributed by atoms with E-state index in [0.717, 1.165) is 0 Å². The zero-order chi connectivity index (χ0) is 77.6. The molecule has 0 radical (unpaired) electrons. The van der Waals surface area contributed by atoms with E-state index in [1.165, 1.54) is 34.6 Å². The van der Waals surface area contributed by atoms with Crippen LogP contribution in [0.15, 0.2) is 0 Å². The first-order valence-electron chi connectivity index (χ1n) is 31.9. The minimum Gasteiger partial charge on any atom is -0.480 e. The Balaban J connectivity index is 5.16. The van der Waals surface area contributed by atoms with Crippen LogP contribution in [0.1, 0.15) is 98.8 Å². The number of carboxylic acid groups (broad SMARTS) is 1. The van der Waals surface area contributed by atoms with E-state index in [-0.39, 0.29) is 71.0 Å². The fourth-order valence-corrected chi connectivity index (χ4v) is 7.75. The molecule has 0 aliphatic rings. The van der Waals surface area contributed by atoms with E-state index in [9.17, 15) is 101 Å². The summed E-state index contributed by atoms with van der Waals surface area (Å²) in [6.45, 7) is 0.775. The number of hydrogen-bond acceptors (Lipinski definition) is 24. The number of hydrogen-bond donors (Lipinski definition) is 24. The molecule has 9 atom stereocenters. The summed E-state index contributed by atoms with van der Waals surface area (Å²) in [5, 5.41) is 50.7. The van der Waals surface area contributed by atoms with Crippen molar-refractivity contribution in [2.24, 2.45) is 28.7 Å². The number of nitrogens with two attached hydrogens (primary N) is 5. The third kappa shape index (κ3) is 43.2. The maximum atomic E-state index is 13.5. The number of carbonyl (C=O) groups is 21. The minimum atomic E-state index is -1.35. The van der Waals surface area contributed by atoms with E-state index in [4.69, 9.17) is 33.8 Å². The van der Waals surface area contributed by atoms with Crippen molar-refractivity contribution in [1.82, 2.24) is 95.7 Å². The predicted octanol–water partition coefficient (Wildman–Crippen LogP) is -14.7. The molecule has 20 amide bonds. The molecule has 0 spiro atoms. The molecule has 102 heavy (non-hydrogen) atoms. The summed E-state index contributed by atoms with van der Waals surface area (Å²) in [4.78, 5) is 259. The van der Waals surface area contributed by atoms with Gasteiger partial charge in [0.05, 0.1) is 77.5 Å². The minimum absolute atomic E-state index is 0.00117. The van der Waals surface area contributed by atoms with E-state index < -0.39 is 250 Å². The summed E-state index contributed by atoms with van der Waals surface area (Å²) in [6.07, 6.45) is -0.841. The third-order valence-corrected chi connectivity index (χ3v) is 13.7. The second kappa shape index (κ2) is 50.1. The molecule has 0 heterocycles. The van der Waals surface area contributed by atoms with Gasteiger partial charge in [0.1, 0.15) is 42.3 Å². The Kier molecular flexibility index (Phi) is 44.6. The summed E-state index contributed by atoms with van der Waals surface area (Å²) in [7, 11) is 0. The van der Waals surface area contributed by atoms with Crippen molar-refractivity contribution in [1.29, 1.82) is 0 Å². The average Bonchev–Trinajstić information content (AvgIpc) is 0.896. The maximum absolute atomic E-state index is 13.5. The van der Waals surface area contributed by atoms with Crippen molar-refractivity contribution >= 4 is 124 Å². The van der Waals surface area contributed by atoms with Gasteiger partial charge in [0.25, 0.3) is 0 Å². The van der Waals surface area contributed by atoms with Gasteiger partial charge in [-0.3, -0.25) is 101 Å². The van der Waals surface area contributed by atoms with Crippen LogP contribution in [0.3, 0.4) is 0 Å². The number of amides is 20. The van der Waals surface area contributed by atoms with E-state index in [0.29, 0.717) is 0 Å². The molecule has 0 aromatic carbocycles. The van der Waals surface area contributed by atoms with Gasteiger partial charge in [-0.1, -0.05) is 0 Å². The van der Waals surface area contributed by atoms with Crippen LogP contribution < -0.4 is 124 Å². The largest absolute Gasteiger partial charge is 0.480 e. The van der Waals surface area contributed by atoms with Crippen LogP contribution in [0, 0.1) is 0 Å². The molecule has 0 aliphatic carbocycles. The fourth-order valence-electron chi connectivity index (χ4n) is 7.75. The molecule has 0 saturated carbocycles. The summed E-state index contributed by atoms with van der Waals surface area (Å²) in [5.41, 5.74) is 26.9. The third-order valence-electron chi connectivity index (χ3n) is 13.7. The topological polar surface area (TPSA) is 725 Å². The van der Waals surface area contributed by atoms with Gasteiger partial charge in [-0.15, -0.1) is 0 Å². The van der Waals surface area contributed by atoms with Crippen molar-refractivity contribution < 1.29 is 106 Å². The molecule has 9 unspecified atom stereocenters. The Morgan fingerprint density at radius 2 is 0.559 bits per heavy atom. The van der Waals surface area contributed by atoms with Gasteiger partial charge in [-0.05, 0) is 86.0 Å². The number of rotatable bonds is 51. The number of nitrogens with one attached hydrogen (secondary N) is 18. The van der Waals surface area contributed by atoms with E-state index in [1.807, 2.05) is 0 Å². The molecule has 0 saturated heterocycles. The van der Waals surface area contributed by atoms with Crippen LogP contribution in [0.2, 0.25) is 0 Å². The van der Waals surface area contributed by atoms with Gasteiger partial charge in [0.2, 0.25) is 118 Å². The molecule has 572 valence electrons. The summed E-state index contributed by atoms with van der Waals surface area (Å²) >= 11 is 0. The van der Waals surface area contributed by atoms with Crippen LogP contribution in [-0.2, 0) is 101 Å². The monoisotopic (exact) mass is 1460 g/mol. The molecule has 0 bridgehead atoms. The van der Waals surface area contributed by atoms with Gasteiger partial charge < -0.3 is 129 Å². The van der Waals surface area contributed by atoms with Crippen LogP contribution in [0.25, 0.3) is 0 Å². The molecule has 45 nitrogen and oxygen atoms in total. The molecule has 29 N–H and O–H groups in total. The van der Waals surface area contributed by atoms with Crippen molar-refractivity contribution in [2.75, 3.05) is 78.5 Å². The van der Waals surface area contributed by atoms with Crippen molar-refractivity contribution in [3.63, 3.8) is 0 Å². The van der Waals surface area contributed by atoms with Crippen LogP contribution in [-0.4, -0.2) is 262 Å². The first-order valence-corrected chi connectivity index (χ1v) is 31.9. The average molecular weight is 1460 g/mol. The molecular weight excluding hydrogens is 1360 g/mol. The Morgan fingerprint density at radius 1 is 0.284 bits per heavy atom. The highest BCUT2D eigenvalue weighted by molar-refractivity contribution is 5.97. The lowest BCUT2D eigenvalue weighted by molar-refractivity contribution is -0.141. The van der Waals surface area contributed by atoms with Crippen molar-refractivity contribution in [3.05, 3.63) is 0 Å². The second-order valence-electron chi connectivity index (χ2n) is 22.7. The highest BCUT2D eigenvalue weighted by Gasteiger charge is 2.30. The molecule has 0 aromatic heterocycles. The van der Waals surface area contributed by atoms with Crippen LogP contribution in [0.4, 0.5) is 0 Å². The summed E-state index contributed by atoms with van der Waals surface area (Å²) < 4.78 is 0. The van der Waals surface area contributed by atoms with Crippen LogP contribution in [0.5, 0.6) is 0 Å².